The second kappa shape index (κ2) is 9.97. The molecule has 0 saturated heterocycles. The highest BCUT2D eigenvalue weighted by atomic mass is 16.5. The van der Waals surface area contributed by atoms with Crippen LogP contribution >= 0.6 is 0 Å². The summed E-state index contributed by atoms with van der Waals surface area (Å²) < 4.78 is 5.05. The normalized spacial score (nSPS) is 12.0. The summed E-state index contributed by atoms with van der Waals surface area (Å²) in [6.07, 6.45) is 0. The first-order chi connectivity index (χ1) is 11.0. The van der Waals surface area contributed by atoms with Crippen molar-refractivity contribution in [3.8, 4) is 0 Å². The second-order valence-corrected chi connectivity index (χ2v) is 5.78. The van der Waals surface area contributed by atoms with Gasteiger partial charge >= 0.3 is 0 Å². The van der Waals surface area contributed by atoms with Crippen LogP contribution in [-0.4, -0.2) is 49.6 Å². The van der Waals surface area contributed by atoms with E-state index in [1.807, 2.05) is 44.2 Å². The van der Waals surface area contributed by atoms with Crippen molar-refractivity contribution >= 4 is 11.8 Å². The van der Waals surface area contributed by atoms with E-state index >= 15 is 0 Å². The number of nitrogens with zero attached hydrogens (tertiary/aromatic N) is 1. The lowest BCUT2D eigenvalue weighted by Gasteiger charge is -2.23. The Morgan fingerprint density at radius 3 is 2.48 bits per heavy atom. The zero-order valence-electron chi connectivity index (χ0n) is 14.1. The molecule has 0 radical (unpaired) electrons. The van der Waals surface area contributed by atoms with Crippen LogP contribution in [0.15, 0.2) is 30.3 Å². The lowest BCUT2D eigenvalue weighted by Crippen LogP contribution is -2.48. The van der Waals surface area contributed by atoms with Crippen molar-refractivity contribution in [2.75, 3.05) is 26.8 Å². The van der Waals surface area contributed by atoms with Crippen molar-refractivity contribution in [2.45, 2.75) is 26.4 Å². The Balaban J connectivity index is 2.60. The highest BCUT2D eigenvalue weighted by Gasteiger charge is 2.19. The molecule has 0 heterocycles. The molecule has 0 spiro atoms. The van der Waals surface area contributed by atoms with Crippen LogP contribution in [0, 0.1) is 5.92 Å². The number of rotatable bonds is 9. The Kier molecular flexibility index (Phi) is 8.29. The molecule has 0 aliphatic carbocycles. The van der Waals surface area contributed by atoms with E-state index in [0.717, 1.165) is 5.56 Å². The van der Waals surface area contributed by atoms with Gasteiger partial charge in [0, 0.05) is 20.2 Å². The van der Waals surface area contributed by atoms with Crippen LogP contribution in [0.5, 0.6) is 0 Å². The molecule has 1 aromatic carbocycles. The van der Waals surface area contributed by atoms with Crippen LogP contribution in [0.25, 0.3) is 0 Å². The number of nitrogens with two attached hydrogens (primary N) is 1. The van der Waals surface area contributed by atoms with Gasteiger partial charge in [0.15, 0.2) is 0 Å². The molecule has 0 unspecified atom stereocenters. The Hall–Kier alpha value is -1.92. The lowest BCUT2D eigenvalue weighted by atomic mass is 10.1. The molecule has 0 bridgehead atoms. The van der Waals surface area contributed by atoms with Crippen LogP contribution in [0.4, 0.5) is 0 Å². The predicted molar refractivity (Wildman–Crippen MR) is 89.6 cm³/mol. The van der Waals surface area contributed by atoms with Crippen LogP contribution in [-0.2, 0) is 20.9 Å². The number of hydrogen-bond acceptors (Lipinski definition) is 4. The Morgan fingerprint density at radius 2 is 1.91 bits per heavy atom. The summed E-state index contributed by atoms with van der Waals surface area (Å²) in [5.74, 6) is -0.436. The maximum absolute atomic E-state index is 12.4. The van der Waals surface area contributed by atoms with Crippen molar-refractivity contribution in [3.63, 3.8) is 0 Å². The SMILES string of the molecule is COCCN(Cc1ccccc1)C(=O)CNC(=O)[C@@H](N)C(C)C. The van der Waals surface area contributed by atoms with Gasteiger partial charge in [-0.2, -0.15) is 0 Å². The van der Waals surface area contributed by atoms with Crippen molar-refractivity contribution in [1.82, 2.24) is 10.2 Å². The number of methoxy groups -OCH3 is 1. The number of amides is 2. The number of hydrogen-bond donors (Lipinski definition) is 2. The standard InChI is InChI=1S/C17H27N3O3/c1-13(2)16(18)17(22)19-11-15(21)20(9-10-23-3)12-14-7-5-4-6-8-14/h4-8,13,16H,9-12,18H2,1-3H3,(H,19,22)/t16-/m0/s1. The number of ether oxygens (including phenoxy) is 1. The molecule has 0 aliphatic rings. The van der Waals surface area contributed by atoms with E-state index in [2.05, 4.69) is 5.32 Å². The zero-order valence-corrected chi connectivity index (χ0v) is 14.1. The average Bonchev–Trinajstić information content (AvgIpc) is 2.56. The quantitative estimate of drug-likeness (QED) is 0.703. The van der Waals surface area contributed by atoms with E-state index in [9.17, 15) is 9.59 Å². The fourth-order valence-corrected chi connectivity index (χ4v) is 1.99. The maximum Gasteiger partial charge on any atom is 0.242 e. The summed E-state index contributed by atoms with van der Waals surface area (Å²) in [6, 6.07) is 9.10. The highest BCUT2D eigenvalue weighted by molar-refractivity contribution is 5.87. The van der Waals surface area contributed by atoms with Crippen molar-refractivity contribution < 1.29 is 14.3 Å². The molecule has 23 heavy (non-hydrogen) atoms. The first-order valence-electron chi connectivity index (χ1n) is 7.79. The second-order valence-electron chi connectivity index (χ2n) is 5.78. The molecule has 0 aliphatic heterocycles. The van der Waals surface area contributed by atoms with E-state index in [-0.39, 0.29) is 24.3 Å². The number of benzene rings is 1. The molecule has 0 aromatic heterocycles. The summed E-state index contributed by atoms with van der Waals surface area (Å²) in [7, 11) is 1.59. The lowest BCUT2D eigenvalue weighted by molar-refractivity contribution is -0.134. The predicted octanol–water partition coefficient (Wildman–Crippen LogP) is 0.761. The molecule has 128 valence electrons. The van der Waals surface area contributed by atoms with Crippen LogP contribution in [0.1, 0.15) is 19.4 Å². The van der Waals surface area contributed by atoms with Crippen LogP contribution in [0.2, 0.25) is 0 Å². The van der Waals surface area contributed by atoms with Crippen LogP contribution in [0.3, 0.4) is 0 Å². The smallest absolute Gasteiger partial charge is 0.242 e. The molecular formula is C17H27N3O3. The molecular weight excluding hydrogens is 294 g/mol. The van der Waals surface area contributed by atoms with Crippen molar-refractivity contribution in [1.29, 1.82) is 0 Å². The van der Waals surface area contributed by atoms with E-state index in [1.54, 1.807) is 12.0 Å². The minimum absolute atomic E-state index is 0.0269. The third-order valence-electron chi connectivity index (χ3n) is 3.57. The summed E-state index contributed by atoms with van der Waals surface area (Å²) in [4.78, 5) is 25.9. The number of nitrogens with one attached hydrogen (secondary N) is 1. The van der Waals surface area contributed by atoms with Gasteiger partial charge in [0.25, 0.3) is 0 Å². The summed E-state index contributed by atoms with van der Waals surface area (Å²) >= 11 is 0. The first-order valence-corrected chi connectivity index (χ1v) is 7.79. The van der Waals surface area contributed by atoms with Gasteiger partial charge in [-0.15, -0.1) is 0 Å². The number of carbonyl (C=O) groups excluding carboxylic acids is 2. The molecule has 1 atom stereocenters. The fraction of sp³-hybridized carbons (Fsp3) is 0.529. The molecule has 0 saturated carbocycles. The van der Waals surface area contributed by atoms with Gasteiger partial charge in [0.05, 0.1) is 19.2 Å². The third kappa shape index (κ3) is 6.80. The minimum atomic E-state index is -0.607. The maximum atomic E-state index is 12.4. The molecule has 1 rings (SSSR count). The Labute approximate surface area is 138 Å². The van der Waals surface area contributed by atoms with Gasteiger partial charge in [-0.1, -0.05) is 44.2 Å². The van der Waals surface area contributed by atoms with Gasteiger partial charge in [-0.05, 0) is 11.5 Å². The summed E-state index contributed by atoms with van der Waals surface area (Å²) in [5.41, 5.74) is 6.80. The van der Waals surface area contributed by atoms with Gasteiger partial charge in [-0.3, -0.25) is 9.59 Å². The molecule has 0 fully saturated rings. The monoisotopic (exact) mass is 321 g/mol. The van der Waals surface area contributed by atoms with Gasteiger partial charge in [-0.25, -0.2) is 0 Å². The van der Waals surface area contributed by atoms with E-state index in [4.69, 9.17) is 10.5 Å². The molecule has 3 N–H and O–H groups in total. The molecule has 6 heteroatoms. The fourth-order valence-electron chi connectivity index (χ4n) is 1.99. The highest BCUT2D eigenvalue weighted by Crippen LogP contribution is 2.05. The van der Waals surface area contributed by atoms with E-state index in [1.165, 1.54) is 0 Å². The minimum Gasteiger partial charge on any atom is -0.383 e. The zero-order chi connectivity index (χ0) is 17.2. The summed E-state index contributed by atoms with van der Waals surface area (Å²) in [5, 5.41) is 2.61. The van der Waals surface area contributed by atoms with E-state index < -0.39 is 6.04 Å². The number of carbonyl (C=O) groups is 2. The van der Waals surface area contributed by atoms with E-state index in [0.29, 0.717) is 19.7 Å². The largest absolute Gasteiger partial charge is 0.383 e. The van der Waals surface area contributed by atoms with Gasteiger partial charge < -0.3 is 20.7 Å². The van der Waals surface area contributed by atoms with Crippen LogP contribution < -0.4 is 11.1 Å². The Bertz CT molecular complexity index is 491. The topological polar surface area (TPSA) is 84.7 Å². The first kappa shape index (κ1) is 19.1. The van der Waals surface area contributed by atoms with Gasteiger partial charge in [0.2, 0.25) is 11.8 Å². The average molecular weight is 321 g/mol. The molecule has 1 aromatic rings. The van der Waals surface area contributed by atoms with Crippen molar-refractivity contribution in [2.24, 2.45) is 11.7 Å². The third-order valence-corrected chi connectivity index (χ3v) is 3.57. The van der Waals surface area contributed by atoms with Gasteiger partial charge in [0.1, 0.15) is 0 Å². The van der Waals surface area contributed by atoms with Crippen molar-refractivity contribution in [3.05, 3.63) is 35.9 Å². The Morgan fingerprint density at radius 1 is 1.26 bits per heavy atom. The summed E-state index contributed by atoms with van der Waals surface area (Å²) in [6.45, 7) is 5.07. The molecule has 6 nitrogen and oxygen atoms in total. The molecule has 2 amide bonds.